The van der Waals surface area contributed by atoms with Crippen LogP contribution in [0.15, 0.2) is 78.9 Å². The van der Waals surface area contributed by atoms with Crippen LogP contribution in [0.25, 0.3) is 16.5 Å². The smallest absolute Gasteiger partial charge is 0.225 e. The summed E-state index contributed by atoms with van der Waals surface area (Å²) in [6.07, 6.45) is 1.77. The molecule has 0 fully saturated rings. The highest BCUT2D eigenvalue weighted by atomic mass is 16.3. The molecule has 0 aliphatic carbocycles. The standard InChI is InChI=1S/C23H21NO2/c1-16(25)24-22(18-9-3-2-4-10-18)14-19(15-23(24)26)21-13-7-11-17-8-5-6-12-20(17)21/h2-14,19,23,26H,15H2,1H3/t19-,23?/m0/s1. The summed E-state index contributed by atoms with van der Waals surface area (Å²) >= 11 is 0. The molecule has 3 heteroatoms. The Hall–Kier alpha value is -2.91. The molecule has 1 heterocycles. The maximum atomic E-state index is 12.2. The van der Waals surface area contributed by atoms with E-state index in [2.05, 4.69) is 36.4 Å². The molecule has 0 saturated heterocycles. The average Bonchev–Trinajstić information content (AvgIpc) is 2.67. The highest BCUT2D eigenvalue weighted by Crippen LogP contribution is 2.38. The SMILES string of the molecule is CC(=O)N1C(c2ccccc2)=C[C@H](c2cccc3ccccc23)CC1O. The van der Waals surface area contributed by atoms with Crippen LogP contribution in [-0.2, 0) is 4.79 Å². The Morgan fingerprint density at radius 2 is 1.65 bits per heavy atom. The van der Waals surface area contributed by atoms with Gasteiger partial charge in [-0.15, -0.1) is 0 Å². The fourth-order valence-corrected chi connectivity index (χ4v) is 3.85. The fourth-order valence-electron chi connectivity index (χ4n) is 3.85. The molecule has 3 nitrogen and oxygen atoms in total. The number of rotatable bonds is 2. The molecule has 0 spiro atoms. The normalized spacial score (nSPS) is 20.1. The summed E-state index contributed by atoms with van der Waals surface area (Å²) in [6.45, 7) is 1.50. The molecule has 1 aliphatic heterocycles. The van der Waals surface area contributed by atoms with Crippen LogP contribution in [0.5, 0.6) is 0 Å². The second-order valence-corrected chi connectivity index (χ2v) is 6.70. The lowest BCUT2D eigenvalue weighted by atomic mass is 9.86. The first kappa shape index (κ1) is 16.6. The van der Waals surface area contributed by atoms with Crippen molar-refractivity contribution in [3.63, 3.8) is 0 Å². The van der Waals surface area contributed by atoms with Crippen molar-refractivity contribution in [1.82, 2.24) is 4.90 Å². The summed E-state index contributed by atoms with van der Waals surface area (Å²) in [5.74, 6) is -0.106. The Labute approximate surface area is 153 Å². The van der Waals surface area contributed by atoms with Gasteiger partial charge in [0.2, 0.25) is 5.91 Å². The summed E-state index contributed by atoms with van der Waals surface area (Å²) in [5, 5.41) is 13.1. The first-order valence-electron chi connectivity index (χ1n) is 8.88. The average molecular weight is 343 g/mol. The van der Waals surface area contributed by atoms with Gasteiger partial charge in [0.05, 0.1) is 5.70 Å². The number of fused-ring (bicyclic) bond motifs is 1. The van der Waals surface area contributed by atoms with Crippen molar-refractivity contribution in [2.75, 3.05) is 0 Å². The summed E-state index contributed by atoms with van der Waals surface area (Å²) < 4.78 is 0. The van der Waals surface area contributed by atoms with Gasteiger partial charge in [0.15, 0.2) is 0 Å². The zero-order valence-corrected chi connectivity index (χ0v) is 14.7. The van der Waals surface area contributed by atoms with E-state index >= 15 is 0 Å². The molecule has 2 atom stereocenters. The Balaban J connectivity index is 1.87. The molecule has 3 aromatic carbocycles. The number of nitrogens with zero attached hydrogens (tertiary/aromatic N) is 1. The van der Waals surface area contributed by atoms with Crippen LogP contribution in [0.3, 0.4) is 0 Å². The first-order valence-corrected chi connectivity index (χ1v) is 8.88. The lowest BCUT2D eigenvalue weighted by molar-refractivity contribution is -0.133. The topological polar surface area (TPSA) is 40.5 Å². The van der Waals surface area contributed by atoms with E-state index in [1.54, 1.807) is 0 Å². The molecule has 1 amide bonds. The van der Waals surface area contributed by atoms with E-state index in [1.165, 1.54) is 28.2 Å². The molecule has 1 N–H and O–H groups in total. The van der Waals surface area contributed by atoms with Crippen LogP contribution in [0, 0.1) is 0 Å². The second-order valence-electron chi connectivity index (χ2n) is 6.70. The quantitative estimate of drug-likeness (QED) is 0.742. The molecule has 3 aromatic rings. The van der Waals surface area contributed by atoms with E-state index in [1.807, 2.05) is 42.5 Å². The maximum absolute atomic E-state index is 12.2. The Morgan fingerprint density at radius 3 is 2.42 bits per heavy atom. The number of hydrogen-bond donors (Lipinski definition) is 1. The first-order chi connectivity index (χ1) is 12.6. The monoisotopic (exact) mass is 343 g/mol. The second kappa shape index (κ2) is 6.77. The van der Waals surface area contributed by atoms with Gasteiger partial charge in [-0.1, -0.05) is 78.9 Å². The van der Waals surface area contributed by atoms with E-state index in [-0.39, 0.29) is 11.8 Å². The Morgan fingerprint density at radius 1 is 0.962 bits per heavy atom. The highest BCUT2D eigenvalue weighted by Gasteiger charge is 2.32. The van der Waals surface area contributed by atoms with Gasteiger partial charge in [0, 0.05) is 19.3 Å². The van der Waals surface area contributed by atoms with Gasteiger partial charge < -0.3 is 5.11 Å². The van der Waals surface area contributed by atoms with Gasteiger partial charge in [-0.25, -0.2) is 0 Å². The zero-order valence-electron chi connectivity index (χ0n) is 14.7. The number of carbonyl (C=O) groups excluding carboxylic acids is 1. The van der Waals surface area contributed by atoms with E-state index in [4.69, 9.17) is 0 Å². The maximum Gasteiger partial charge on any atom is 0.225 e. The molecule has 0 radical (unpaired) electrons. The zero-order chi connectivity index (χ0) is 18.1. The lowest BCUT2D eigenvalue weighted by Crippen LogP contribution is -2.41. The van der Waals surface area contributed by atoms with Crippen LogP contribution < -0.4 is 0 Å². The molecule has 26 heavy (non-hydrogen) atoms. The predicted octanol–water partition coefficient (Wildman–Crippen LogP) is 4.54. The summed E-state index contributed by atoms with van der Waals surface area (Å²) in [7, 11) is 0. The number of aliphatic hydroxyl groups excluding tert-OH is 1. The number of aliphatic hydroxyl groups is 1. The summed E-state index contributed by atoms with van der Waals surface area (Å²) in [5.41, 5.74) is 2.89. The van der Waals surface area contributed by atoms with E-state index in [9.17, 15) is 9.90 Å². The number of amides is 1. The van der Waals surface area contributed by atoms with E-state index < -0.39 is 6.23 Å². The van der Waals surface area contributed by atoms with Crippen molar-refractivity contribution in [1.29, 1.82) is 0 Å². The molecule has 130 valence electrons. The summed E-state index contributed by atoms with van der Waals surface area (Å²) in [4.78, 5) is 13.7. The minimum Gasteiger partial charge on any atom is -0.373 e. The minimum absolute atomic E-state index is 0.0434. The van der Waals surface area contributed by atoms with Crippen LogP contribution in [0.4, 0.5) is 0 Å². The summed E-state index contributed by atoms with van der Waals surface area (Å²) in [6, 6.07) is 24.3. The van der Waals surface area contributed by atoms with Crippen LogP contribution in [0.1, 0.15) is 30.4 Å². The third-order valence-corrected chi connectivity index (χ3v) is 5.01. The minimum atomic E-state index is -0.836. The number of benzene rings is 3. The molecule has 1 unspecified atom stereocenters. The fraction of sp³-hybridized carbons (Fsp3) is 0.174. The number of allylic oxidation sites excluding steroid dienone is 1. The van der Waals surface area contributed by atoms with Crippen molar-refractivity contribution in [2.45, 2.75) is 25.5 Å². The number of hydrogen-bond acceptors (Lipinski definition) is 2. The van der Waals surface area contributed by atoms with Crippen LogP contribution >= 0.6 is 0 Å². The van der Waals surface area contributed by atoms with Crippen molar-refractivity contribution >= 4 is 22.4 Å². The molecule has 1 aliphatic rings. The van der Waals surface area contributed by atoms with Crippen LogP contribution in [-0.4, -0.2) is 22.1 Å². The van der Waals surface area contributed by atoms with Crippen molar-refractivity contribution in [3.05, 3.63) is 90.0 Å². The largest absolute Gasteiger partial charge is 0.373 e. The Bertz CT molecular complexity index is 972. The van der Waals surface area contributed by atoms with Crippen molar-refractivity contribution in [3.8, 4) is 0 Å². The van der Waals surface area contributed by atoms with Gasteiger partial charge >= 0.3 is 0 Å². The van der Waals surface area contributed by atoms with Gasteiger partial charge in [-0.3, -0.25) is 9.69 Å². The molecule has 4 rings (SSSR count). The van der Waals surface area contributed by atoms with Gasteiger partial charge in [-0.2, -0.15) is 0 Å². The predicted molar refractivity (Wildman–Crippen MR) is 104 cm³/mol. The third-order valence-electron chi connectivity index (χ3n) is 5.01. The molecular weight excluding hydrogens is 322 g/mol. The van der Waals surface area contributed by atoms with Gasteiger partial charge in [0.1, 0.15) is 6.23 Å². The molecular formula is C23H21NO2. The van der Waals surface area contributed by atoms with E-state index in [0.29, 0.717) is 6.42 Å². The van der Waals surface area contributed by atoms with Gasteiger partial charge in [0.25, 0.3) is 0 Å². The highest BCUT2D eigenvalue weighted by molar-refractivity contribution is 5.89. The third kappa shape index (κ3) is 2.91. The number of carbonyl (C=O) groups is 1. The molecule has 0 saturated carbocycles. The Kier molecular flexibility index (Phi) is 4.31. The lowest BCUT2D eigenvalue weighted by Gasteiger charge is -2.36. The van der Waals surface area contributed by atoms with Crippen molar-refractivity contribution < 1.29 is 9.90 Å². The molecule has 0 aromatic heterocycles. The van der Waals surface area contributed by atoms with Crippen LogP contribution in [0.2, 0.25) is 0 Å². The molecule has 0 bridgehead atoms. The van der Waals surface area contributed by atoms with Crippen molar-refractivity contribution in [2.24, 2.45) is 0 Å². The van der Waals surface area contributed by atoms with E-state index in [0.717, 1.165) is 11.3 Å². The van der Waals surface area contributed by atoms with Gasteiger partial charge in [-0.05, 0) is 21.9 Å².